The summed E-state index contributed by atoms with van der Waals surface area (Å²) in [5, 5.41) is 8.56. The van der Waals surface area contributed by atoms with Crippen LogP contribution in [0, 0.1) is 6.92 Å². The van der Waals surface area contributed by atoms with Crippen LogP contribution in [-0.2, 0) is 6.54 Å². The molecule has 6 heteroatoms. The van der Waals surface area contributed by atoms with E-state index < -0.39 is 0 Å². The molecule has 0 amide bonds. The summed E-state index contributed by atoms with van der Waals surface area (Å²) in [6, 6.07) is 3.83. The Bertz CT molecular complexity index is 559. The highest BCUT2D eigenvalue weighted by molar-refractivity contribution is 7.99. The van der Waals surface area contributed by atoms with E-state index in [0.717, 1.165) is 14.9 Å². The summed E-state index contributed by atoms with van der Waals surface area (Å²) in [7, 11) is 0. The first-order valence-corrected chi connectivity index (χ1v) is 7.22. The Labute approximate surface area is 114 Å². The van der Waals surface area contributed by atoms with Gasteiger partial charge in [0.2, 0.25) is 0 Å². The van der Waals surface area contributed by atoms with E-state index in [1.54, 1.807) is 12.4 Å². The van der Waals surface area contributed by atoms with Gasteiger partial charge in [-0.15, -0.1) is 28.1 Å². The second kappa shape index (κ2) is 5.97. The van der Waals surface area contributed by atoms with Crippen molar-refractivity contribution in [3.8, 4) is 0 Å². The zero-order valence-electron chi connectivity index (χ0n) is 10.00. The Morgan fingerprint density at radius 1 is 1.61 bits per heavy atom. The third kappa shape index (κ3) is 3.08. The van der Waals surface area contributed by atoms with Crippen LogP contribution in [0.1, 0.15) is 14.5 Å². The number of rotatable bonds is 6. The molecule has 4 nitrogen and oxygen atoms in total. The molecule has 0 radical (unpaired) electrons. The molecule has 0 aliphatic rings. The van der Waals surface area contributed by atoms with Gasteiger partial charge in [0.15, 0.2) is 10.9 Å². The molecule has 2 rings (SSSR count). The summed E-state index contributed by atoms with van der Waals surface area (Å²) in [4.78, 5) is 13.9. The van der Waals surface area contributed by atoms with Crippen molar-refractivity contribution in [3.05, 3.63) is 40.9 Å². The predicted molar refractivity (Wildman–Crippen MR) is 74.3 cm³/mol. The maximum absolute atomic E-state index is 11.9. The fourth-order valence-electron chi connectivity index (χ4n) is 1.41. The Balaban J connectivity index is 1.97. The molecule has 94 valence electrons. The first kappa shape index (κ1) is 13.0. The standard InChI is InChI=1S/C12H13N3OS2/c1-3-6-15-8-13-14-12(15)17-7-10(16)11-5-4-9(2)18-11/h3-5,8H,1,6-7H2,2H3. The van der Waals surface area contributed by atoms with E-state index >= 15 is 0 Å². The van der Waals surface area contributed by atoms with Crippen LogP contribution in [0.15, 0.2) is 36.3 Å². The largest absolute Gasteiger partial charge is 0.305 e. The van der Waals surface area contributed by atoms with Gasteiger partial charge in [0.05, 0.1) is 10.6 Å². The van der Waals surface area contributed by atoms with Gasteiger partial charge in [-0.25, -0.2) is 0 Å². The number of nitrogens with zero attached hydrogens (tertiary/aromatic N) is 3. The molecule has 0 saturated heterocycles. The molecule has 2 aromatic rings. The number of thiophene rings is 1. The molecule has 18 heavy (non-hydrogen) atoms. The first-order valence-electron chi connectivity index (χ1n) is 5.42. The van der Waals surface area contributed by atoms with E-state index in [-0.39, 0.29) is 5.78 Å². The molecule has 0 saturated carbocycles. The summed E-state index contributed by atoms with van der Waals surface area (Å²) in [6.45, 7) is 6.32. The number of hydrogen-bond acceptors (Lipinski definition) is 5. The van der Waals surface area contributed by atoms with Gasteiger partial charge in [0.1, 0.15) is 6.33 Å². The smallest absolute Gasteiger partial charge is 0.191 e. The average molecular weight is 279 g/mol. The molecule has 0 bridgehead atoms. The number of Topliss-reactive ketones (excluding diaryl/α,β-unsaturated/α-hetero) is 1. The first-order chi connectivity index (χ1) is 8.70. The monoisotopic (exact) mass is 279 g/mol. The van der Waals surface area contributed by atoms with Crippen molar-refractivity contribution in [1.29, 1.82) is 0 Å². The minimum atomic E-state index is 0.131. The topological polar surface area (TPSA) is 47.8 Å². The molecule has 0 spiro atoms. The van der Waals surface area contributed by atoms with Gasteiger partial charge in [-0.05, 0) is 19.1 Å². The zero-order valence-corrected chi connectivity index (χ0v) is 11.6. The quantitative estimate of drug-likeness (QED) is 0.463. The Hall–Kier alpha value is -1.40. The summed E-state index contributed by atoms with van der Waals surface area (Å²) in [5.41, 5.74) is 0. The van der Waals surface area contributed by atoms with Crippen LogP contribution in [0.4, 0.5) is 0 Å². The molecule has 0 aliphatic carbocycles. The lowest BCUT2D eigenvalue weighted by atomic mass is 10.3. The van der Waals surface area contributed by atoms with Crippen molar-refractivity contribution in [3.63, 3.8) is 0 Å². The van der Waals surface area contributed by atoms with Crippen molar-refractivity contribution in [2.45, 2.75) is 18.6 Å². The highest BCUT2D eigenvalue weighted by Crippen LogP contribution is 2.20. The average Bonchev–Trinajstić information content (AvgIpc) is 2.96. The van der Waals surface area contributed by atoms with Crippen molar-refractivity contribution in [1.82, 2.24) is 14.8 Å². The highest BCUT2D eigenvalue weighted by Gasteiger charge is 2.11. The molecule has 2 heterocycles. The van der Waals surface area contributed by atoms with Crippen LogP contribution >= 0.6 is 23.1 Å². The molecular weight excluding hydrogens is 266 g/mol. The number of carbonyl (C=O) groups excluding carboxylic acids is 1. The van der Waals surface area contributed by atoms with Gasteiger partial charge < -0.3 is 4.57 Å². The third-order valence-electron chi connectivity index (χ3n) is 2.25. The molecule has 0 aliphatic heterocycles. The van der Waals surface area contributed by atoms with Crippen molar-refractivity contribution in [2.24, 2.45) is 0 Å². The molecule has 2 aromatic heterocycles. The lowest BCUT2D eigenvalue weighted by molar-refractivity contribution is 0.102. The molecule has 0 unspecified atom stereocenters. The van der Waals surface area contributed by atoms with Gasteiger partial charge in [0.25, 0.3) is 0 Å². The zero-order chi connectivity index (χ0) is 13.0. The van der Waals surface area contributed by atoms with E-state index in [0.29, 0.717) is 12.3 Å². The normalized spacial score (nSPS) is 10.5. The fourth-order valence-corrected chi connectivity index (χ4v) is 3.11. The third-order valence-corrected chi connectivity index (χ3v) is 4.28. The van der Waals surface area contributed by atoms with Crippen LogP contribution in [0.3, 0.4) is 0 Å². The van der Waals surface area contributed by atoms with Crippen LogP contribution < -0.4 is 0 Å². The highest BCUT2D eigenvalue weighted by atomic mass is 32.2. The Kier molecular flexibility index (Phi) is 4.33. The number of carbonyl (C=O) groups is 1. The maximum atomic E-state index is 11.9. The van der Waals surface area contributed by atoms with Crippen molar-refractivity contribution < 1.29 is 4.79 Å². The van der Waals surface area contributed by atoms with Crippen LogP contribution in [0.2, 0.25) is 0 Å². The second-order valence-electron chi connectivity index (χ2n) is 3.68. The molecule has 0 N–H and O–H groups in total. The lowest BCUT2D eigenvalue weighted by Gasteiger charge is -2.01. The summed E-state index contributed by atoms with van der Waals surface area (Å²) in [6.07, 6.45) is 3.42. The van der Waals surface area contributed by atoms with E-state index in [9.17, 15) is 4.79 Å². The summed E-state index contributed by atoms with van der Waals surface area (Å²) in [5.74, 6) is 0.516. The van der Waals surface area contributed by atoms with Crippen LogP contribution in [0.5, 0.6) is 0 Å². The molecule has 0 fully saturated rings. The van der Waals surface area contributed by atoms with Gasteiger partial charge in [-0.2, -0.15) is 0 Å². The molecule has 0 aromatic carbocycles. The number of hydrogen-bond donors (Lipinski definition) is 0. The van der Waals surface area contributed by atoms with E-state index in [1.165, 1.54) is 23.1 Å². The van der Waals surface area contributed by atoms with Crippen molar-refractivity contribution in [2.75, 3.05) is 5.75 Å². The number of aromatic nitrogens is 3. The van der Waals surface area contributed by atoms with Crippen LogP contribution in [-0.4, -0.2) is 26.3 Å². The van der Waals surface area contributed by atoms with Crippen LogP contribution in [0.25, 0.3) is 0 Å². The van der Waals surface area contributed by atoms with Crippen molar-refractivity contribution >= 4 is 28.9 Å². The maximum Gasteiger partial charge on any atom is 0.191 e. The van der Waals surface area contributed by atoms with Gasteiger partial charge >= 0.3 is 0 Å². The van der Waals surface area contributed by atoms with E-state index in [4.69, 9.17) is 0 Å². The number of thioether (sulfide) groups is 1. The van der Waals surface area contributed by atoms with E-state index in [1.807, 2.05) is 23.6 Å². The minimum Gasteiger partial charge on any atom is -0.305 e. The van der Waals surface area contributed by atoms with E-state index in [2.05, 4.69) is 16.8 Å². The summed E-state index contributed by atoms with van der Waals surface area (Å²) >= 11 is 2.93. The number of allylic oxidation sites excluding steroid dienone is 1. The van der Waals surface area contributed by atoms with Gasteiger partial charge in [-0.3, -0.25) is 4.79 Å². The molecule has 0 atom stereocenters. The lowest BCUT2D eigenvalue weighted by Crippen LogP contribution is -2.02. The predicted octanol–water partition coefficient (Wildman–Crippen LogP) is 2.81. The van der Waals surface area contributed by atoms with Gasteiger partial charge in [0, 0.05) is 11.4 Å². The number of aryl methyl sites for hydroxylation is 1. The Morgan fingerprint density at radius 3 is 3.11 bits per heavy atom. The second-order valence-corrected chi connectivity index (χ2v) is 5.91. The fraction of sp³-hybridized carbons (Fsp3) is 0.250. The van der Waals surface area contributed by atoms with Gasteiger partial charge in [-0.1, -0.05) is 17.8 Å². The summed E-state index contributed by atoms with van der Waals surface area (Å²) < 4.78 is 1.87. The SMILES string of the molecule is C=CCn1cnnc1SCC(=O)c1ccc(C)s1. The Morgan fingerprint density at radius 2 is 2.44 bits per heavy atom. The number of ketones is 1. The molecular formula is C12H13N3OS2. The minimum absolute atomic E-state index is 0.131.